The van der Waals surface area contributed by atoms with Gasteiger partial charge in [-0.2, -0.15) is 8.42 Å². The SMILES string of the molecule is CN1C(c2ccccc2)CC(c2ccc(Cl)cc2)N1C.O=S(=O)(O)c1ccccc1. The van der Waals surface area contributed by atoms with Gasteiger partial charge in [0.25, 0.3) is 10.1 Å². The second-order valence-electron chi connectivity index (χ2n) is 7.16. The van der Waals surface area contributed by atoms with Crippen LogP contribution in [0.3, 0.4) is 0 Å². The summed E-state index contributed by atoms with van der Waals surface area (Å²) in [4.78, 5) is -0.0741. The first-order valence-corrected chi connectivity index (χ1v) is 11.4. The molecule has 2 unspecified atom stereocenters. The molecule has 0 aliphatic carbocycles. The third kappa shape index (κ3) is 5.47. The lowest BCUT2D eigenvalue weighted by molar-refractivity contribution is 0.0252. The maximum atomic E-state index is 10.4. The molecule has 0 amide bonds. The van der Waals surface area contributed by atoms with Crippen LogP contribution in [-0.4, -0.2) is 37.1 Å². The van der Waals surface area contributed by atoms with Gasteiger partial charge < -0.3 is 0 Å². The molecule has 1 fully saturated rings. The van der Waals surface area contributed by atoms with E-state index in [1.165, 1.54) is 23.3 Å². The van der Waals surface area contributed by atoms with Crippen LogP contribution in [0.15, 0.2) is 89.8 Å². The summed E-state index contributed by atoms with van der Waals surface area (Å²) in [5.41, 5.74) is 2.69. The highest BCUT2D eigenvalue weighted by Gasteiger charge is 2.36. The maximum Gasteiger partial charge on any atom is 0.294 e. The number of halogens is 1. The first kappa shape index (κ1) is 22.5. The van der Waals surface area contributed by atoms with Crippen molar-refractivity contribution in [1.82, 2.24) is 10.0 Å². The minimum absolute atomic E-state index is 0.0741. The number of benzene rings is 3. The van der Waals surface area contributed by atoms with Crippen molar-refractivity contribution in [3.05, 3.63) is 101 Å². The minimum Gasteiger partial charge on any atom is -0.282 e. The maximum absolute atomic E-state index is 10.4. The Morgan fingerprint density at radius 3 is 1.63 bits per heavy atom. The Kier molecular flexibility index (Phi) is 7.28. The Morgan fingerprint density at radius 2 is 1.20 bits per heavy atom. The van der Waals surface area contributed by atoms with Crippen LogP contribution < -0.4 is 0 Å². The van der Waals surface area contributed by atoms with Crippen LogP contribution in [0.25, 0.3) is 0 Å². The van der Waals surface area contributed by atoms with Crippen LogP contribution in [0.1, 0.15) is 29.6 Å². The van der Waals surface area contributed by atoms with Crippen LogP contribution in [-0.2, 0) is 10.1 Å². The summed E-state index contributed by atoms with van der Waals surface area (Å²) in [6.45, 7) is 0. The highest BCUT2D eigenvalue weighted by Crippen LogP contribution is 2.41. The topological polar surface area (TPSA) is 60.9 Å². The molecule has 4 rings (SSSR count). The van der Waals surface area contributed by atoms with Crippen molar-refractivity contribution < 1.29 is 13.0 Å². The fraction of sp³-hybridized carbons (Fsp3) is 0.217. The van der Waals surface area contributed by atoms with Crippen molar-refractivity contribution in [3.8, 4) is 0 Å². The number of rotatable bonds is 3. The number of hydrazine groups is 1. The molecule has 0 radical (unpaired) electrons. The van der Waals surface area contributed by atoms with Crippen molar-refractivity contribution in [2.75, 3.05) is 14.1 Å². The van der Waals surface area contributed by atoms with Crippen LogP contribution in [0.4, 0.5) is 0 Å². The summed E-state index contributed by atoms with van der Waals surface area (Å²) >= 11 is 5.98. The molecule has 5 nitrogen and oxygen atoms in total. The zero-order chi connectivity index (χ0) is 21.7. The summed E-state index contributed by atoms with van der Waals surface area (Å²) in [7, 11) is 0.312. The molecule has 7 heteroatoms. The van der Waals surface area contributed by atoms with Crippen molar-refractivity contribution in [2.45, 2.75) is 23.4 Å². The first-order valence-electron chi connectivity index (χ1n) is 9.56. The van der Waals surface area contributed by atoms with Gasteiger partial charge in [-0.05, 0) is 41.8 Å². The molecule has 3 aromatic rings. The average molecular weight is 445 g/mol. The summed E-state index contributed by atoms with van der Waals surface area (Å²) in [6.07, 6.45) is 1.10. The molecule has 0 aromatic heterocycles. The number of hydrogen-bond acceptors (Lipinski definition) is 4. The van der Waals surface area contributed by atoms with E-state index in [0.29, 0.717) is 12.1 Å². The average Bonchev–Trinajstić information content (AvgIpc) is 3.05. The largest absolute Gasteiger partial charge is 0.294 e. The van der Waals surface area contributed by atoms with Gasteiger partial charge in [0.1, 0.15) is 0 Å². The smallest absolute Gasteiger partial charge is 0.282 e. The van der Waals surface area contributed by atoms with E-state index >= 15 is 0 Å². The van der Waals surface area contributed by atoms with Crippen molar-refractivity contribution in [3.63, 3.8) is 0 Å². The van der Waals surface area contributed by atoms with Crippen LogP contribution in [0.5, 0.6) is 0 Å². The molecule has 1 heterocycles. The van der Waals surface area contributed by atoms with Gasteiger partial charge in [0.05, 0.1) is 17.0 Å². The quantitative estimate of drug-likeness (QED) is 0.560. The van der Waals surface area contributed by atoms with Gasteiger partial charge in [0.2, 0.25) is 0 Å². The van der Waals surface area contributed by atoms with E-state index in [1.54, 1.807) is 18.2 Å². The molecule has 1 N–H and O–H groups in total. The molecule has 1 aliphatic rings. The van der Waals surface area contributed by atoms with Crippen LogP contribution in [0, 0.1) is 0 Å². The van der Waals surface area contributed by atoms with E-state index < -0.39 is 10.1 Å². The molecule has 0 saturated carbocycles. The lowest BCUT2D eigenvalue weighted by atomic mass is 9.97. The Morgan fingerprint density at radius 1 is 0.767 bits per heavy atom. The molecule has 1 saturated heterocycles. The monoisotopic (exact) mass is 444 g/mol. The van der Waals surface area contributed by atoms with Gasteiger partial charge in [-0.15, -0.1) is 0 Å². The lowest BCUT2D eigenvalue weighted by Crippen LogP contribution is -2.32. The standard InChI is InChI=1S/C17H19ClN2.C6H6O3S/c1-19-16(13-6-4-3-5-7-13)12-17(20(19)2)14-8-10-15(18)11-9-14;7-10(8,9)6-4-2-1-3-5-6/h3-11,16-17H,12H2,1-2H3;1-5H,(H,7,8,9). The van der Waals surface area contributed by atoms with Gasteiger partial charge >= 0.3 is 0 Å². The summed E-state index contributed by atoms with van der Waals surface area (Å²) in [6, 6.07) is 27.2. The zero-order valence-corrected chi connectivity index (χ0v) is 18.5. The highest BCUT2D eigenvalue weighted by atomic mass is 35.5. The summed E-state index contributed by atoms with van der Waals surface area (Å²) in [5, 5.41) is 5.44. The van der Waals surface area contributed by atoms with Crippen LogP contribution in [0.2, 0.25) is 5.02 Å². The molecular weight excluding hydrogens is 420 g/mol. The zero-order valence-electron chi connectivity index (χ0n) is 16.9. The fourth-order valence-corrected chi connectivity index (χ4v) is 4.24. The van der Waals surface area contributed by atoms with Gasteiger partial charge in [-0.25, -0.2) is 10.0 Å². The lowest BCUT2D eigenvalue weighted by Gasteiger charge is -2.28. The second-order valence-corrected chi connectivity index (χ2v) is 9.02. The summed E-state index contributed by atoms with van der Waals surface area (Å²) in [5.74, 6) is 0. The fourth-order valence-electron chi connectivity index (χ4n) is 3.61. The molecule has 2 atom stereocenters. The number of nitrogens with zero attached hydrogens (tertiary/aromatic N) is 2. The minimum atomic E-state index is -4.00. The molecule has 3 aromatic carbocycles. The van der Waals surface area contributed by atoms with E-state index in [1.807, 2.05) is 12.1 Å². The highest BCUT2D eigenvalue weighted by molar-refractivity contribution is 7.85. The summed E-state index contributed by atoms with van der Waals surface area (Å²) < 4.78 is 29.2. The Bertz CT molecular complexity index is 1040. The Labute approximate surface area is 183 Å². The molecule has 30 heavy (non-hydrogen) atoms. The molecule has 0 bridgehead atoms. The third-order valence-corrected chi connectivity index (χ3v) is 6.45. The van der Waals surface area contributed by atoms with Crippen molar-refractivity contribution >= 4 is 21.7 Å². The van der Waals surface area contributed by atoms with Crippen molar-refractivity contribution in [2.24, 2.45) is 0 Å². The van der Waals surface area contributed by atoms with Crippen LogP contribution >= 0.6 is 11.6 Å². The predicted octanol–water partition coefficient (Wildman–Crippen LogP) is 5.24. The van der Waals surface area contributed by atoms with E-state index in [4.69, 9.17) is 16.2 Å². The Balaban J connectivity index is 0.000000216. The Hall–Kier alpha value is -2.22. The van der Waals surface area contributed by atoms with Gasteiger partial charge in [-0.3, -0.25) is 4.55 Å². The molecule has 0 spiro atoms. The molecule has 1 aliphatic heterocycles. The van der Waals surface area contributed by atoms with Crippen molar-refractivity contribution in [1.29, 1.82) is 0 Å². The normalized spacial score (nSPS) is 19.9. The molecule has 158 valence electrons. The van der Waals surface area contributed by atoms with E-state index in [9.17, 15) is 8.42 Å². The predicted molar refractivity (Wildman–Crippen MR) is 120 cm³/mol. The second kappa shape index (κ2) is 9.73. The van der Waals surface area contributed by atoms with Gasteiger partial charge in [0, 0.05) is 19.1 Å². The van der Waals surface area contributed by atoms with Gasteiger partial charge in [0.15, 0.2) is 0 Å². The first-order chi connectivity index (χ1) is 14.3. The third-order valence-electron chi connectivity index (χ3n) is 5.33. The molecular formula is C23H25ClN2O3S. The van der Waals surface area contributed by atoms with E-state index in [2.05, 4.69) is 66.6 Å². The van der Waals surface area contributed by atoms with E-state index in [-0.39, 0.29) is 4.90 Å². The van der Waals surface area contributed by atoms with E-state index in [0.717, 1.165) is 11.4 Å². The number of hydrogen-bond donors (Lipinski definition) is 1. The van der Waals surface area contributed by atoms with Gasteiger partial charge in [-0.1, -0.05) is 72.3 Å².